The Balaban J connectivity index is 2.18. The van der Waals surface area contributed by atoms with E-state index < -0.39 is 0 Å². The van der Waals surface area contributed by atoms with Crippen LogP contribution in [0.15, 0.2) is 0 Å². The van der Waals surface area contributed by atoms with Crippen LogP contribution in [0.4, 0.5) is 0 Å². The average Bonchev–Trinajstić information content (AvgIpc) is 2.87. The molecule has 1 heterocycles. The zero-order valence-electron chi connectivity index (χ0n) is 12.3. The molecule has 1 saturated carbocycles. The van der Waals surface area contributed by atoms with E-state index in [4.69, 9.17) is 0 Å². The molecule has 104 valence electrons. The third kappa shape index (κ3) is 2.42. The predicted molar refractivity (Wildman–Crippen MR) is 74.2 cm³/mol. The molecule has 1 saturated heterocycles. The van der Waals surface area contributed by atoms with E-state index in [0.717, 1.165) is 12.8 Å². The van der Waals surface area contributed by atoms with E-state index in [2.05, 4.69) is 37.9 Å². The molecule has 3 nitrogen and oxygen atoms in total. The summed E-state index contributed by atoms with van der Waals surface area (Å²) in [6.07, 6.45) is 7.16. The van der Waals surface area contributed by atoms with Crippen molar-refractivity contribution in [3.05, 3.63) is 0 Å². The number of carbonyl (C=O) groups is 1. The monoisotopic (exact) mass is 252 g/mol. The zero-order valence-corrected chi connectivity index (χ0v) is 12.3. The van der Waals surface area contributed by atoms with E-state index >= 15 is 0 Å². The predicted octanol–water partition coefficient (Wildman–Crippen LogP) is 2.90. The Bertz CT molecular complexity index is 310. The van der Waals surface area contributed by atoms with Crippen molar-refractivity contribution in [3.8, 4) is 0 Å². The Kier molecular flexibility index (Phi) is 4.00. The Morgan fingerprint density at radius 3 is 2.50 bits per heavy atom. The molecule has 0 spiro atoms. The second-order valence-corrected chi connectivity index (χ2v) is 6.63. The number of nitrogens with zero attached hydrogens (tertiary/aromatic N) is 1. The molecule has 0 radical (unpaired) electrons. The van der Waals surface area contributed by atoms with Crippen molar-refractivity contribution >= 4 is 5.91 Å². The molecule has 2 unspecified atom stereocenters. The van der Waals surface area contributed by atoms with Crippen LogP contribution in [0.1, 0.15) is 66.2 Å². The Labute approximate surface area is 111 Å². The van der Waals surface area contributed by atoms with E-state index in [1.165, 1.54) is 25.7 Å². The number of amides is 1. The highest BCUT2D eigenvalue weighted by atomic mass is 16.2. The largest absolute Gasteiger partial charge is 0.323 e. The van der Waals surface area contributed by atoms with Crippen LogP contribution in [-0.2, 0) is 4.79 Å². The Hall–Kier alpha value is -0.570. The first-order chi connectivity index (χ1) is 8.48. The molecule has 0 aromatic carbocycles. The van der Waals surface area contributed by atoms with Gasteiger partial charge in [0, 0.05) is 6.04 Å². The fourth-order valence-corrected chi connectivity index (χ4v) is 3.40. The van der Waals surface area contributed by atoms with Gasteiger partial charge in [0.1, 0.15) is 0 Å². The number of rotatable bonds is 4. The second kappa shape index (κ2) is 5.20. The average molecular weight is 252 g/mol. The lowest BCUT2D eigenvalue weighted by Crippen LogP contribution is -2.44. The van der Waals surface area contributed by atoms with Crippen LogP contribution in [0, 0.1) is 5.92 Å². The molecule has 2 rings (SSSR count). The van der Waals surface area contributed by atoms with Crippen molar-refractivity contribution in [2.75, 3.05) is 0 Å². The number of hydrogen-bond acceptors (Lipinski definition) is 2. The lowest BCUT2D eigenvalue weighted by Gasteiger charge is -2.31. The van der Waals surface area contributed by atoms with Crippen LogP contribution in [0.2, 0.25) is 0 Å². The summed E-state index contributed by atoms with van der Waals surface area (Å²) >= 11 is 0. The van der Waals surface area contributed by atoms with Gasteiger partial charge in [0.15, 0.2) is 0 Å². The topological polar surface area (TPSA) is 32.3 Å². The van der Waals surface area contributed by atoms with Crippen LogP contribution in [0.3, 0.4) is 0 Å². The summed E-state index contributed by atoms with van der Waals surface area (Å²) in [4.78, 5) is 14.9. The van der Waals surface area contributed by atoms with Gasteiger partial charge >= 0.3 is 0 Å². The van der Waals surface area contributed by atoms with Crippen molar-refractivity contribution in [1.82, 2.24) is 10.2 Å². The van der Waals surface area contributed by atoms with Crippen LogP contribution in [0.5, 0.6) is 0 Å². The van der Waals surface area contributed by atoms with Gasteiger partial charge in [-0.05, 0) is 38.5 Å². The van der Waals surface area contributed by atoms with E-state index in [1.807, 2.05) is 0 Å². The highest BCUT2D eigenvalue weighted by Gasteiger charge is 2.49. The van der Waals surface area contributed by atoms with Crippen molar-refractivity contribution in [3.63, 3.8) is 0 Å². The van der Waals surface area contributed by atoms with E-state index in [9.17, 15) is 4.79 Å². The Morgan fingerprint density at radius 1 is 1.39 bits per heavy atom. The van der Waals surface area contributed by atoms with Gasteiger partial charge in [-0.2, -0.15) is 0 Å². The smallest absolute Gasteiger partial charge is 0.244 e. The summed E-state index contributed by atoms with van der Waals surface area (Å²) in [6, 6.07) is 0.488. The molecule has 1 aliphatic heterocycles. The first-order valence-corrected chi connectivity index (χ1v) is 7.58. The van der Waals surface area contributed by atoms with Crippen LogP contribution in [-0.4, -0.2) is 28.6 Å². The maximum atomic E-state index is 12.7. The molecule has 2 atom stereocenters. The van der Waals surface area contributed by atoms with Crippen molar-refractivity contribution in [2.24, 2.45) is 5.92 Å². The third-order valence-electron chi connectivity index (χ3n) is 4.65. The van der Waals surface area contributed by atoms with Crippen LogP contribution in [0.25, 0.3) is 0 Å². The molecular formula is C15H28N2O. The van der Waals surface area contributed by atoms with Gasteiger partial charge in [-0.1, -0.05) is 33.6 Å². The fourth-order valence-electron chi connectivity index (χ4n) is 3.40. The molecule has 1 amide bonds. The SMILES string of the molecule is CCC1(C)NC(CC(C)C)N(C2CCCC2)C1=O. The molecule has 2 fully saturated rings. The fraction of sp³-hybridized carbons (Fsp3) is 0.933. The van der Waals surface area contributed by atoms with Gasteiger partial charge in [-0.15, -0.1) is 0 Å². The molecule has 3 heteroatoms. The lowest BCUT2D eigenvalue weighted by molar-refractivity contribution is -0.135. The maximum absolute atomic E-state index is 12.7. The second-order valence-electron chi connectivity index (χ2n) is 6.63. The zero-order chi connectivity index (χ0) is 13.3. The quantitative estimate of drug-likeness (QED) is 0.834. The molecular weight excluding hydrogens is 224 g/mol. The molecule has 0 bridgehead atoms. The summed E-state index contributed by atoms with van der Waals surface area (Å²) in [5, 5.41) is 3.60. The Morgan fingerprint density at radius 2 is 2.00 bits per heavy atom. The van der Waals surface area contributed by atoms with Crippen LogP contribution >= 0.6 is 0 Å². The van der Waals surface area contributed by atoms with E-state index in [-0.39, 0.29) is 11.7 Å². The van der Waals surface area contributed by atoms with Gasteiger partial charge in [0.2, 0.25) is 5.91 Å². The summed E-state index contributed by atoms with van der Waals surface area (Å²) in [5.74, 6) is 0.959. The number of hydrogen-bond donors (Lipinski definition) is 1. The standard InChI is InChI=1S/C15H28N2O/c1-5-15(4)14(18)17(12-8-6-7-9-12)13(16-15)10-11(2)3/h11-13,16H,5-10H2,1-4H3. The normalized spacial score (nSPS) is 33.9. The van der Waals surface area contributed by atoms with Crippen molar-refractivity contribution in [1.29, 1.82) is 0 Å². The minimum Gasteiger partial charge on any atom is -0.323 e. The van der Waals surface area contributed by atoms with Gasteiger partial charge in [-0.3, -0.25) is 10.1 Å². The highest BCUT2D eigenvalue weighted by Crippen LogP contribution is 2.34. The summed E-state index contributed by atoms with van der Waals surface area (Å²) in [6.45, 7) is 8.65. The molecule has 1 N–H and O–H groups in total. The lowest BCUT2D eigenvalue weighted by atomic mass is 9.99. The molecule has 1 aliphatic carbocycles. The molecule has 2 aliphatic rings. The van der Waals surface area contributed by atoms with Crippen molar-refractivity contribution < 1.29 is 4.79 Å². The summed E-state index contributed by atoms with van der Waals surface area (Å²) in [7, 11) is 0. The van der Waals surface area contributed by atoms with Gasteiger partial charge < -0.3 is 4.90 Å². The van der Waals surface area contributed by atoms with Gasteiger partial charge in [-0.25, -0.2) is 0 Å². The van der Waals surface area contributed by atoms with Gasteiger partial charge in [0.25, 0.3) is 0 Å². The van der Waals surface area contributed by atoms with Crippen LogP contribution < -0.4 is 5.32 Å². The number of carbonyl (C=O) groups excluding carboxylic acids is 1. The minimum absolute atomic E-state index is 0.255. The van der Waals surface area contributed by atoms with E-state index in [0.29, 0.717) is 17.9 Å². The summed E-state index contributed by atoms with van der Waals surface area (Å²) < 4.78 is 0. The third-order valence-corrected chi connectivity index (χ3v) is 4.65. The molecule has 0 aromatic rings. The highest BCUT2D eigenvalue weighted by molar-refractivity contribution is 5.88. The first-order valence-electron chi connectivity index (χ1n) is 7.58. The van der Waals surface area contributed by atoms with Crippen molar-refractivity contribution in [2.45, 2.75) is 84.0 Å². The summed E-state index contributed by atoms with van der Waals surface area (Å²) in [5.41, 5.74) is -0.331. The number of nitrogens with one attached hydrogen (secondary N) is 1. The molecule has 18 heavy (non-hydrogen) atoms. The minimum atomic E-state index is -0.331. The maximum Gasteiger partial charge on any atom is 0.244 e. The first kappa shape index (κ1) is 13.9. The molecule has 0 aromatic heterocycles. The van der Waals surface area contributed by atoms with E-state index in [1.54, 1.807) is 0 Å². The van der Waals surface area contributed by atoms with Gasteiger partial charge in [0.05, 0.1) is 11.7 Å².